The maximum absolute atomic E-state index is 16.5. The van der Waals surface area contributed by atoms with Crippen molar-refractivity contribution in [2.45, 2.75) is 82.5 Å². The summed E-state index contributed by atoms with van der Waals surface area (Å²) in [6.07, 6.45) is -3.85. The van der Waals surface area contributed by atoms with Gasteiger partial charge in [-0.25, -0.2) is 18.2 Å². The summed E-state index contributed by atoms with van der Waals surface area (Å²) in [5, 5.41) is 3.42. The Labute approximate surface area is 261 Å². The molecule has 0 bridgehead atoms. The Balaban J connectivity index is 1.36. The van der Waals surface area contributed by atoms with Gasteiger partial charge in [-0.15, -0.1) is 0 Å². The Hall–Kier alpha value is -3.59. The number of ether oxygens (including phenoxy) is 2. The van der Waals surface area contributed by atoms with E-state index in [0.29, 0.717) is 31.0 Å². The van der Waals surface area contributed by atoms with Crippen molar-refractivity contribution in [3.05, 3.63) is 28.8 Å². The van der Waals surface area contributed by atoms with Crippen LogP contribution < -0.4 is 26.3 Å². The van der Waals surface area contributed by atoms with Crippen LogP contribution in [-0.4, -0.2) is 69.4 Å². The fraction of sp³-hybridized carbons (Fsp3) is 0.581. The largest absolute Gasteiger partial charge is 0.474 e. The molecule has 5 heterocycles. The number of alkyl halides is 4. The van der Waals surface area contributed by atoms with Crippen LogP contribution in [0.15, 0.2) is 6.07 Å². The summed E-state index contributed by atoms with van der Waals surface area (Å²) >= 11 is 0. The second-order valence-electron chi connectivity index (χ2n) is 13.1. The molecule has 248 valence electrons. The van der Waals surface area contributed by atoms with Crippen molar-refractivity contribution in [3.8, 4) is 23.1 Å². The lowest BCUT2D eigenvalue weighted by atomic mass is 9.86. The summed E-state index contributed by atoms with van der Waals surface area (Å²) in [6.45, 7) is 5.80. The number of hydrogen-bond donors (Lipinski definition) is 3. The first-order chi connectivity index (χ1) is 21.7. The average molecular weight is 652 g/mol. The van der Waals surface area contributed by atoms with E-state index in [1.165, 1.54) is 0 Å². The van der Waals surface area contributed by atoms with Crippen molar-refractivity contribution in [3.63, 3.8) is 0 Å². The number of nitrogens with zero attached hydrogens (tertiary/aromatic N) is 4. The quantitative estimate of drug-likeness (QED) is 0.223. The predicted octanol–water partition coefficient (Wildman–Crippen LogP) is 5.18. The summed E-state index contributed by atoms with van der Waals surface area (Å²) < 4.78 is 101. The van der Waals surface area contributed by atoms with Crippen LogP contribution in [0.5, 0.6) is 11.9 Å². The summed E-state index contributed by atoms with van der Waals surface area (Å²) in [4.78, 5) is 14.7. The number of pyridine rings is 1. The van der Waals surface area contributed by atoms with Crippen LogP contribution in [0, 0.1) is 30.4 Å². The molecule has 3 saturated heterocycles. The zero-order chi connectivity index (χ0) is 32.9. The van der Waals surface area contributed by atoms with Crippen LogP contribution in [-0.2, 0) is 6.18 Å². The first kappa shape index (κ1) is 31.0. The normalized spacial score (nSPS) is 29.4. The summed E-state index contributed by atoms with van der Waals surface area (Å²) in [5.41, 5.74) is 6.63. The molecular formula is C31H35F6N7O2. The van der Waals surface area contributed by atoms with E-state index in [4.69, 9.17) is 20.9 Å². The number of aromatic nitrogens is 3. The van der Waals surface area contributed by atoms with Gasteiger partial charge in [-0.2, -0.15) is 23.1 Å². The highest BCUT2D eigenvalue weighted by Crippen LogP contribution is 2.49. The molecule has 3 aromatic rings. The third-order valence-corrected chi connectivity index (χ3v) is 10.3. The lowest BCUT2D eigenvalue weighted by Gasteiger charge is -2.47. The van der Waals surface area contributed by atoms with Gasteiger partial charge in [-0.05, 0) is 50.7 Å². The highest BCUT2D eigenvalue weighted by Gasteiger charge is 2.55. The van der Waals surface area contributed by atoms with Crippen molar-refractivity contribution in [2.24, 2.45) is 11.8 Å². The summed E-state index contributed by atoms with van der Waals surface area (Å²) in [7, 11) is 0. The van der Waals surface area contributed by atoms with Gasteiger partial charge in [0.2, 0.25) is 5.88 Å². The highest BCUT2D eigenvalue weighted by molar-refractivity contribution is 5.96. The molecule has 1 aliphatic carbocycles. The first-order valence-electron chi connectivity index (χ1n) is 15.5. The van der Waals surface area contributed by atoms with Crippen LogP contribution in [0.2, 0.25) is 0 Å². The molecule has 46 heavy (non-hydrogen) atoms. The van der Waals surface area contributed by atoms with Crippen molar-refractivity contribution in [1.82, 2.24) is 25.2 Å². The molecule has 9 nitrogen and oxygen atoms in total. The summed E-state index contributed by atoms with van der Waals surface area (Å²) in [5.74, 6) is -2.67. The number of halogens is 6. The van der Waals surface area contributed by atoms with E-state index in [1.807, 2.05) is 18.7 Å². The highest BCUT2D eigenvalue weighted by atomic mass is 19.4. The van der Waals surface area contributed by atoms with Crippen molar-refractivity contribution in [1.29, 1.82) is 0 Å². The molecule has 7 atom stereocenters. The minimum atomic E-state index is -5.08. The number of fused-ring (bicyclic) bond motifs is 3. The first-order valence-corrected chi connectivity index (χ1v) is 15.5. The summed E-state index contributed by atoms with van der Waals surface area (Å²) in [6, 6.07) is 0.875. The Morgan fingerprint density at radius 2 is 1.93 bits per heavy atom. The molecule has 5 N–H and O–H groups in total. The fourth-order valence-electron chi connectivity index (χ4n) is 7.92. The third kappa shape index (κ3) is 4.88. The third-order valence-electron chi connectivity index (χ3n) is 10.3. The van der Waals surface area contributed by atoms with Crippen LogP contribution in [0.1, 0.15) is 50.7 Å². The van der Waals surface area contributed by atoms with E-state index in [2.05, 4.69) is 20.3 Å². The molecule has 0 amide bonds. The monoisotopic (exact) mass is 651 g/mol. The molecule has 0 spiro atoms. The Kier molecular flexibility index (Phi) is 7.23. The molecule has 4 aliphatic rings. The van der Waals surface area contributed by atoms with Gasteiger partial charge in [0.25, 0.3) is 0 Å². The lowest BCUT2D eigenvalue weighted by molar-refractivity contribution is -0.137. The van der Waals surface area contributed by atoms with Crippen LogP contribution >= 0.6 is 0 Å². The number of nitrogen functional groups attached to an aromatic ring is 2. The molecule has 7 rings (SSSR count). The second-order valence-corrected chi connectivity index (χ2v) is 13.1. The Morgan fingerprint density at radius 3 is 2.59 bits per heavy atom. The molecular weight excluding hydrogens is 616 g/mol. The minimum Gasteiger partial charge on any atom is -0.474 e. The van der Waals surface area contributed by atoms with Gasteiger partial charge in [0.05, 0.1) is 16.8 Å². The van der Waals surface area contributed by atoms with Gasteiger partial charge in [0.1, 0.15) is 47.1 Å². The number of rotatable bonds is 8. The van der Waals surface area contributed by atoms with Crippen LogP contribution in [0.25, 0.3) is 22.2 Å². The molecule has 2 unspecified atom stereocenters. The van der Waals surface area contributed by atoms with E-state index in [9.17, 15) is 22.0 Å². The van der Waals surface area contributed by atoms with E-state index in [1.54, 1.807) is 0 Å². The Morgan fingerprint density at radius 1 is 1.17 bits per heavy atom. The maximum atomic E-state index is 16.5. The topological polar surface area (TPSA) is 124 Å². The van der Waals surface area contributed by atoms with Crippen molar-refractivity contribution < 1.29 is 35.8 Å². The fourth-order valence-corrected chi connectivity index (χ4v) is 7.92. The van der Waals surface area contributed by atoms with Gasteiger partial charge in [-0.1, -0.05) is 6.92 Å². The maximum Gasteiger partial charge on any atom is 0.417 e. The van der Waals surface area contributed by atoms with E-state index in [0.717, 1.165) is 19.8 Å². The number of benzene rings is 1. The zero-order valence-corrected chi connectivity index (χ0v) is 25.5. The molecule has 2 aromatic heterocycles. The number of anilines is 2. The molecule has 15 heteroatoms. The van der Waals surface area contributed by atoms with Crippen LogP contribution in [0.4, 0.5) is 37.8 Å². The van der Waals surface area contributed by atoms with Gasteiger partial charge in [-0.3, -0.25) is 4.90 Å². The average Bonchev–Trinajstić information content (AvgIpc) is 3.58. The molecule has 3 aliphatic heterocycles. The number of nitrogens with two attached hydrogens (primary N) is 2. The number of nitrogens with one attached hydrogen (secondary N) is 1. The predicted molar refractivity (Wildman–Crippen MR) is 158 cm³/mol. The lowest BCUT2D eigenvalue weighted by Crippen LogP contribution is -2.59. The van der Waals surface area contributed by atoms with Crippen molar-refractivity contribution in [2.75, 3.05) is 31.2 Å². The zero-order valence-electron chi connectivity index (χ0n) is 25.5. The van der Waals surface area contributed by atoms with E-state index < -0.39 is 69.2 Å². The minimum absolute atomic E-state index is 0.0138. The molecule has 0 radical (unpaired) electrons. The standard InChI is InChI=1S/C31H35F6N7O2/c1-4-18-20(15-8-19(15)40-18)13(3)46-28-21-26(42-29(43-27(21)39)45-11-30-5-6-44(30)10-14(32)9-30)24(34)25(41-28)16-7-17(38)23(33)12(2)22(16)31(35,36)37/h7,13-15,18-20,40H,4-6,8-11,38H2,1-3H3,(H2,39,42,43)/t13-,14+,15?,18-,19-,20-,30?/m0/s1. The van der Waals surface area contributed by atoms with Gasteiger partial charge in [0, 0.05) is 43.1 Å². The van der Waals surface area contributed by atoms with E-state index in [-0.39, 0.29) is 54.6 Å². The molecule has 1 saturated carbocycles. The molecule has 4 fully saturated rings. The van der Waals surface area contributed by atoms with Gasteiger partial charge >= 0.3 is 12.2 Å². The van der Waals surface area contributed by atoms with Gasteiger partial charge in [0.15, 0.2) is 5.82 Å². The van der Waals surface area contributed by atoms with Crippen LogP contribution in [0.3, 0.4) is 0 Å². The molecule has 1 aromatic carbocycles. The van der Waals surface area contributed by atoms with E-state index >= 15 is 4.39 Å². The SMILES string of the molecule is CC[C@@H]1N[C@H]2CC2[C@@H]1[C@H](C)Oc1nc(-c2cc(N)c(F)c(C)c2C(F)(F)F)c(F)c2nc(OCC34CCN3C[C@H](F)C4)nc(N)c12. The number of piperidine rings is 1. The second kappa shape index (κ2) is 10.7. The number of hydrogen-bond acceptors (Lipinski definition) is 9. The van der Waals surface area contributed by atoms with Gasteiger partial charge < -0.3 is 26.3 Å². The van der Waals surface area contributed by atoms with Crippen molar-refractivity contribution >= 4 is 22.4 Å². The smallest absolute Gasteiger partial charge is 0.417 e. The Bertz CT molecular complexity index is 1720.